The molecule has 4 nitrogen and oxygen atoms in total. The summed E-state index contributed by atoms with van der Waals surface area (Å²) in [6.45, 7) is 3.97. The van der Waals surface area contributed by atoms with Crippen LogP contribution in [0.2, 0.25) is 0 Å². The van der Waals surface area contributed by atoms with Gasteiger partial charge in [-0.15, -0.1) is 0 Å². The van der Waals surface area contributed by atoms with E-state index in [-0.39, 0.29) is 23.5 Å². The number of benzene rings is 3. The zero-order chi connectivity index (χ0) is 24.6. The van der Waals surface area contributed by atoms with E-state index >= 15 is 0 Å². The molecule has 0 bridgehead atoms. The molecule has 0 amide bonds. The molecule has 3 rings (SSSR count). The van der Waals surface area contributed by atoms with Gasteiger partial charge in [0.1, 0.15) is 0 Å². The molecule has 0 aliphatic heterocycles. The van der Waals surface area contributed by atoms with Crippen molar-refractivity contribution < 1.29 is 18.7 Å². The monoisotopic (exact) mass is 494 g/mol. The quantitative estimate of drug-likeness (QED) is 0.256. The van der Waals surface area contributed by atoms with Crippen molar-refractivity contribution in [2.24, 2.45) is 0 Å². The van der Waals surface area contributed by atoms with Gasteiger partial charge in [-0.2, -0.15) is 0 Å². The summed E-state index contributed by atoms with van der Waals surface area (Å²) in [4.78, 5) is 27.7. The van der Waals surface area contributed by atoms with Crippen LogP contribution in [0.3, 0.4) is 0 Å². The van der Waals surface area contributed by atoms with E-state index in [0.29, 0.717) is 23.5 Å². The van der Waals surface area contributed by atoms with Crippen molar-refractivity contribution in [3.63, 3.8) is 0 Å². The fourth-order valence-corrected chi connectivity index (χ4v) is 9.43. The molecule has 0 radical (unpaired) electrons. The molecule has 3 aromatic rings. The second kappa shape index (κ2) is 11.7. The molecule has 0 spiro atoms. The third kappa shape index (κ3) is 5.40. The summed E-state index contributed by atoms with van der Waals surface area (Å²) >= 11 is 0. The fourth-order valence-electron chi connectivity index (χ4n) is 4.04. The highest BCUT2D eigenvalue weighted by molar-refractivity contribution is 7.88. The first-order valence-electron chi connectivity index (χ1n) is 11.9. The highest BCUT2D eigenvalue weighted by atomic mass is 31.2. The maximum atomic E-state index is 14.2. The van der Waals surface area contributed by atoms with Crippen molar-refractivity contribution in [1.82, 2.24) is 0 Å². The molecule has 0 aliphatic rings. The molecular weight excluding hydrogens is 462 g/mol. The number of unbranched alkanes of at least 4 members (excludes halogenated alkanes) is 2. The van der Waals surface area contributed by atoms with Crippen LogP contribution in [0, 0.1) is 0 Å². The van der Waals surface area contributed by atoms with E-state index in [1.165, 1.54) is 0 Å². The summed E-state index contributed by atoms with van der Waals surface area (Å²) in [5, 5.41) is 0.987. The SMILES string of the molecule is CCCCP(=O)(C(=O)c1ccccc1C(=O)P(=O)(CCCC)c1ccccc1)c1ccccc1. The van der Waals surface area contributed by atoms with Gasteiger partial charge in [0.2, 0.25) is 11.0 Å². The average molecular weight is 495 g/mol. The van der Waals surface area contributed by atoms with E-state index in [1.54, 1.807) is 72.8 Å². The average Bonchev–Trinajstić information content (AvgIpc) is 2.90. The minimum Gasteiger partial charge on any atom is -0.310 e. The highest BCUT2D eigenvalue weighted by Gasteiger charge is 2.40. The van der Waals surface area contributed by atoms with Crippen LogP contribution >= 0.6 is 14.3 Å². The van der Waals surface area contributed by atoms with Gasteiger partial charge in [-0.05, 0) is 12.8 Å². The van der Waals surface area contributed by atoms with Crippen LogP contribution in [-0.2, 0) is 9.13 Å². The number of hydrogen-bond acceptors (Lipinski definition) is 4. The third-order valence-electron chi connectivity index (χ3n) is 6.04. The molecule has 6 heteroatoms. The van der Waals surface area contributed by atoms with Crippen LogP contribution in [0.15, 0.2) is 84.9 Å². The molecule has 0 saturated heterocycles. The molecular formula is C28H32O4P2. The molecule has 2 atom stereocenters. The maximum Gasteiger partial charge on any atom is 0.226 e. The van der Waals surface area contributed by atoms with Crippen LogP contribution in [0.25, 0.3) is 0 Å². The second-order valence-electron chi connectivity index (χ2n) is 8.46. The first-order valence-corrected chi connectivity index (χ1v) is 15.6. The van der Waals surface area contributed by atoms with Crippen molar-refractivity contribution in [3.8, 4) is 0 Å². The molecule has 0 aliphatic carbocycles. The second-order valence-corrected chi connectivity index (χ2v) is 14.2. The molecule has 178 valence electrons. The van der Waals surface area contributed by atoms with Crippen LogP contribution in [-0.4, -0.2) is 23.4 Å². The van der Waals surface area contributed by atoms with Crippen LogP contribution in [0.1, 0.15) is 60.2 Å². The van der Waals surface area contributed by atoms with E-state index in [2.05, 4.69) is 0 Å². The first-order chi connectivity index (χ1) is 16.4. The third-order valence-corrected chi connectivity index (χ3v) is 12.0. The fraction of sp³-hybridized carbons (Fsp3) is 0.286. The summed E-state index contributed by atoms with van der Waals surface area (Å²) in [6.07, 6.45) is 3.33. The van der Waals surface area contributed by atoms with Gasteiger partial charge >= 0.3 is 0 Å². The molecule has 0 saturated carbocycles. The van der Waals surface area contributed by atoms with Crippen LogP contribution < -0.4 is 10.6 Å². The predicted molar refractivity (Wildman–Crippen MR) is 142 cm³/mol. The number of carbonyl (C=O) groups is 2. The minimum absolute atomic E-state index is 0.100. The minimum atomic E-state index is -3.49. The van der Waals surface area contributed by atoms with Gasteiger partial charge in [0, 0.05) is 34.1 Å². The molecule has 0 aromatic heterocycles. The zero-order valence-electron chi connectivity index (χ0n) is 19.9. The summed E-state index contributed by atoms with van der Waals surface area (Å²) in [5.41, 5.74) is -0.871. The summed E-state index contributed by atoms with van der Waals surface area (Å²) in [7, 11) is -6.99. The Bertz CT molecular complexity index is 1120. The van der Waals surface area contributed by atoms with Gasteiger partial charge in [-0.3, -0.25) is 9.59 Å². The molecule has 0 heterocycles. The van der Waals surface area contributed by atoms with Crippen molar-refractivity contribution in [2.45, 2.75) is 39.5 Å². The van der Waals surface area contributed by atoms with Gasteiger partial charge in [-0.1, -0.05) is 112 Å². The lowest BCUT2D eigenvalue weighted by Gasteiger charge is -2.21. The van der Waals surface area contributed by atoms with Crippen LogP contribution in [0.5, 0.6) is 0 Å². The topological polar surface area (TPSA) is 68.3 Å². The Hall–Kier alpha value is -2.54. The number of carbonyl (C=O) groups excluding carboxylic acids is 2. The van der Waals surface area contributed by atoms with E-state index in [4.69, 9.17) is 0 Å². The van der Waals surface area contributed by atoms with Crippen molar-refractivity contribution >= 4 is 35.9 Å². The summed E-state index contributed by atoms with van der Waals surface area (Å²) in [6, 6.07) is 24.0. The molecule has 3 aromatic carbocycles. The lowest BCUT2D eigenvalue weighted by atomic mass is 10.1. The number of hydrogen-bond donors (Lipinski definition) is 0. The smallest absolute Gasteiger partial charge is 0.226 e. The molecule has 34 heavy (non-hydrogen) atoms. The van der Waals surface area contributed by atoms with E-state index in [0.717, 1.165) is 12.8 Å². The molecule has 2 unspecified atom stereocenters. The van der Waals surface area contributed by atoms with Gasteiger partial charge in [0.25, 0.3) is 0 Å². The largest absolute Gasteiger partial charge is 0.310 e. The van der Waals surface area contributed by atoms with Crippen molar-refractivity contribution in [1.29, 1.82) is 0 Å². The Morgan fingerprint density at radius 1 is 0.559 bits per heavy atom. The van der Waals surface area contributed by atoms with E-state index in [1.807, 2.05) is 26.0 Å². The highest BCUT2D eigenvalue weighted by Crippen LogP contribution is 2.52. The molecule has 0 fully saturated rings. The normalized spacial score (nSPS) is 14.6. The summed E-state index contributed by atoms with van der Waals surface area (Å²) < 4.78 is 28.4. The lowest BCUT2D eigenvalue weighted by molar-refractivity contribution is 0.104. The van der Waals surface area contributed by atoms with Gasteiger partial charge < -0.3 is 9.13 Å². The van der Waals surface area contributed by atoms with Crippen molar-refractivity contribution in [3.05, 3.63) is 96.1 Å². The van der Waals surface area contributed by atoms with E-state index < -0.39 is 25.3 Å². The van der Waals surface area contributed by atoms with Gasteiger partial charge in [-0.25, -0.2) is 0 Å². The Morgan fingerprint density at radius 3 is 1.21 bits per heavy atom. The van der Waals surface area contributed by atoms with Gasteiger partial charge in [0.05, 0.1) is 0 Å². The zero-order valence-corrected chi connectivity index (χ0v) is 21.6. The number of rotatable bonds is 12. The first kappa shape index (κ1) is 26.1. The molecule has 0 N–H and O–H groups in total. The van der Waals surface area contributed by atoms with E-state index in [9.17, 15) is 18.7 Å². The standard InChI is InChI=1S/C28H32O4P2/c1-3-5-21-33(31,23-15-9-7-10-16-23)27(29)25-19-13-14-20-26(25)28(30)34(32,22-6-4-2)24-17-11-8-12-18-24/h7-20H,3-6,21-22H2,1-2H3. The predicted octanol–water partition coefficient (Wildman–Crippen LogP) is 6.94. The van der Waals surface area contributed by atoms with Crippen molar-refractivity contribution in [2.75, 3.05) is 12.3 Å². The Labute approximate surface area is 202 Å². The Balaban J connectivity index is 2.13. The Morgan fingerprint density at radius 2 is 0.882 bits per heavy atom. The van der Waals surface area contributed by atoms with Gasteiger partial charge in [0.15, 0.2) is 14.3 Å². The lowest BCUT2D eigenvalue weighted by Crippen LogP contribution is -2.21. The summed E-state index contributed by atoms with van der Waals surface area (Å²) in [5.74, 6) is 0. The Kier molecular flexibility index (Phi) is 9.00. The maximum absolute atomic E-state index is 14.2. The van der Waals surface area contributed by atoms with Crippen LogP contribution in [0.4, 0.5) is 0 Å².